The minimum atomic E-state index is -0.452. The van der Waals surface area contributed by atoms with Crippen LogP contribution in [0.2, 0.25) is 5.02 Å². The monoisotopic (exact) mass is 329 g/mol. The van der Waals surface area contributed by atoms with Crippen molar-refractivity contribution >= 4 is 28.9 Å². The molecule has 0 saturated heterocycles. The van der Waals surface area contributed by atoms with Crippen LogP contribution in [0.1, 0.15) is 18.9 Å². The molecule has 1 aromatic carbocycles. The standard InChI is InChI=1S/C17H13ClFN3O/c18-13-3-1-2-12(17(13)19)11-7-16-14(20-8-11)9-21-22(16)15-6-10(15)4-5-23/h1-3,5,7-10,15H,4,6H2/t10?,15-/m1/s1. The number of carbonyl (C=O) groups is 1. The first-order chi connectivity index (χ1) is 11.2. The lowest BCUT2D eigenvalue weighted by Crippen LogP contribution is -1.99. The Kier molecular flexibility index (Phi) is 3.38. The number of hydrogen-bond acceptors (Lipinski definition) is 3. The molecule has 23 heavy (non-hydrogen) atoms. The number of pyridine rings is 1. The molecule has 2 aromatic heterocycles. The SMILES string of the molecule is O=CCC1C[C@H]1n1ncc2ncc(-c3cccc(Cl)c3F)cc21. The van der Waals surface area contributed by atoms with Crippen LogP contribution in [0.25, 0.3) is 22.2 Å². The van der Waals surface area contributed by atoms with Crippen LogP contribution in [0.15, 0.2) is 36.7 Å². The third-order valence-corrected chi connectivity index (χ3v) is 4.60. The minimum absolute atomic E-state index is 0.0874. The topological polar surface area (TPSA) is 47.8 Å². The fraction of sp³-hybridized carbons (Fsp3) is 0.235. The number of halogens is 2. The van der Waals surface area contributed by atoms with Crippen LogP contribution in [0.5, 0.6) is 0 Å². The number of aromatic nitrogens is 3. The third kappa shape index (κ3) is 2.41. The molecule has 2 heterocycles. The molecule has 0 amide bonds. The summed E-state index contributed by atoms with van der Waals surface area (Å²) in [7, 11) is 0. The van der Waals surface area contributed by atoms with Crippen LogP contribution in [-0.4, -0.2) is 21.1 Å². The van der Waals surface area contributed by atoms with Gasteiger partial charge in [-0.1, -0.05) is 23.7 Å². The zero-order valence-corrected chi connectivity index (χ0v) is 12.9. The predicted molar refractivity (Wildman–Crippen MR) is 85.8 cm³/mol. The lowest BCUT2D eigenvalue weighted by Gasteiger charge is -2.06. The average molecular weight is 330 g/mol. The Bertz CT molecular complexity index is 908. The van der Waals surface area contributed by atoms with Gasteiger partial charge < -0.3 is 4.79 Å². The first kappa shape index (κ1) is 14.3. The smallest absolute Gasteiger partial charge is 0.149 e. The third-order valence-electron chi connectivity index (χ3n) is 4.31. The van der Waals surface area contributed by atoms with Crippen molar-refractivity contribution in [2.75, 3.05) is 0 Å². The summed E-state index contributed by atoms with van der Waals surface area (Å²) < 4.78 is 16.1. The van der Waals surface area contributed by atoms with Crippen molar-refractivity contribution in [1.29, 1.82) is 0 Å². The van der Waals surface area contributed by atoms with Gasteiger partial charge in [0.2, 0.25) is 0 Å². The number of carbonyl (C=O) groups excluding carboxylic acids is 1. The highest BCUT2D eigenvalue weighted by atomic mass is 35.5. The lowest BCUT2D eigenvalue weighted by atomic mass is 10.1. The Morgan fingerprint density at radius 3 is 3.09 bits per heavy atom. The summed E-state index contributed by atoms with van der Waals surface area (Å²) in [4.78, 5) is 15.0. The summed E-state index contributed by atoms with van der Waals surface area (Å²) in [5.74, 6) is -0.117. The van der Waals surface area contributed by atoms with E-state index < -0.39 is 5.82 Å². The van der Waals surface area contributed by atoms with E-state index in [-0.39, 0.29) is 11.1 Å². The minimum Gasteiger partial charge on any atom is -0.303 e. The molecule has 0 N–H and O–H groups in total. The van der Waals surface area contributed by atoms with E-state index in [0.717, 1.165) is 23.7 Å². The van der Waals surface area contributed by atoms with E-state index in [1.54, 1.807) is 24.5 Å². The molecular weight excluding hydrogens is 317 g/mol. The lowest BCUT2D eigenvalue weighted by molar-refractivity contribution is -0.108. The normalized spacial score (nSPS) is 19.9. The van der Waals surface area contributed by atoms with Crippen LogP contribution < -0.4 is 0 Å². The molecule has 0 spiro atoms. The Hall–Kier alpha value is -2.27. The molecule has 1 aliphatic rings. The highest BCUT2D eigenvalue weighted by Gasteiger charge is 2.39. The van der Waals surface area contributed by atoms with Gasteiger partial charge in [-0.25, -0.2) is 4.39 Å². The molecule has 4 nitrogen and oxygen atoms in total. The van der Waals surface area contributed by atoms with Crippen LogP contribution in [0.3, 0.4) is 0 Å². The summed E-state index contributed by atoms with van der Waals surface area (Å²) in [6.45, 7) is 0. The number of benzene rings is 1. The summed E-state index contributed by atoms with van der Waals surface area (Å²) in [6.07, 6.45) is 5.75. The van der Waals surface area contributed by atoms with E-state index in [9.17, 15) is 9.18 Å². The maximum atomic E-state index is 14.2. The van der Waals surface area contributed by atoms with Crippen molar-refractivity contribution in [3.05, 3.63) is 47.5 Å². The van der Waals surface area contributed by atoms with Gasteiger partial charge in [0.25, 0.3) is 0 Å². The van der Waals surface area contributed by atoms with E-state index in [1.165, 1.54) is 6.07 Å². The van der Waals surface area contributed by atoms with Gasteiger partial charge in [0.15, 0.2) is 0 Å². The van der Waals surface area contributed by atoms with Gasteiger partial charge in [-0.05, 0) is 24.5 Å². The van der Waals surface area contributed by atoms with E-state index in [4.69, 9.17) is 11.6 Å². The highest BCUT2D eigenvalue weighted by Crippen LogP contribution is 2.46. The van der Waals surface area contributed by atoms with E-state index >= 15 is 0 Å². The van der Waals surface area contributed by atoms with Gasteiger partial charge in [-0.2, -0.15) is 5.10 Å². The zero-order chi connectivity index (χ0) is 16.0. The van der Waals surface area contributed by atoms with Crippen LogP contribution in [-0.2, 0) is 4.79 Å². The van der Waals surface area contributed by atoms with Crippen molar-refractivity contribution in [1.82, 2.24) is 14.8 Å². The second-order valence-corrected chi connectivity index (χ2v) is 6.19. The molecule has 1 unspecified atom stereocenters. The van der Waals surface area contributed by atoms with E-state index in [0.29, 0.717) is 23.5 Å². The van der Waals surface area contributed by atoms with E-state index in [1.807, 2.05) is 10.7 Å². The Balaban J connectivity index is 1.78. The summed E-state index contributed by atoms with van der Waals surface area (Å²) in [6, 6.07) is 7.00. The van der Waals surface area contributed by atoms with Gasteiger partial charge in [0.1, 0.15) is 17.6 Å². The molecule has 2 atom stereocenters. The number of fused-ring (bicyclic) bond motifs is 1. The molecule has 1 fully saturated rings. The Morgan fingerprint density at radius 1 is 1.39 bits per heavy atom. The molecule has 3 aromatic rings. The molecule has 1 saturated carbocycles. The summed E-state index contributed by atoms with van der Waals surface area (Å²) in [5, 5.41) is 4.47. The van der Waals surface area contributed by atoms with Crippen molar-refractivity contribution in [2.24, 2.45) is 5.92 Å². The maximum absolute atomic E-state index is 14.2. The van der Waals surface area contributed by atoms with Gasteiger partial charge in [-0.15, -0.1) is 0 Å². The van der Waals surface area contributed by atoms with Gasteiger partial charge >= 0.3 is 0 Å². The highest BCUT2D eigenvalue weighted by molar-refractivity contribution is 6.31. The molecular formula is C17H13ClFN3O. The maximum Gasteiger partial charge on any atom is 0.149 e. The molecule has 1 aliphatic carbocycles. The Morgan fingerprint density at radius 2 is 2.26 bits per heavy atom. The van der Waals surface area contributed by atoms with Crippen molar-refractivity contribution < 1.29 is 9.18 Å². The fourth-order valence-electron chi connectivity index (χ4n) is 2.97. The van der Waals surface area contributed by atoms with Crippen LogP contribution in [0.4, 0.5) is 4.39 Å². The van der Waals surface area contributed by atoms with Crippen molar-refractivity contribution in [3.8, 4) is 11.1 Å². The molecule has 6 heteroatoms. The summed E-state index contributed by atoms with van der Waals surface area (Å²) in [5.41, 5.74) is 2.68. The largest absolute Gasteiger partial charge is 0.303 e. The van der Waals surface area contributed by atoms with Crippen LogP contribution in [0, 0.1) is 11.7 Å². The average Bonchev–Trinajstić information content (AvgIpc) is 3.18. The number of rotatable bonds is 4. The second kappa shape index (κ2) is 5.42. The van der Waals surface area contributed by atoms with Crippen molar-refractivity contribution in [2.45, 2.75) is 18.9 Å². The summed E-state index contributed by atoms with van der Waals surface area (Å²) >= 11 is 5.86. The second-order valence-electron chi connectivity index (χ2n) is 5.78. The quantitative estimate of drug-likeness (QED) is 0.679. The first-order valence-corrected chi connectivity index (χ1v) is 7.78. The number of nitrogens with zero attached hydrogens (tertiary/aromatic N) is 3. The predicted octanol–water partition coefficient (Wildman–Crippen LogP) is 4.04. The number of aldehydes is 1. The van der Waals surface area contributed by atoms with Gasteiger partial charge in [0.05, 0.1) is 22.8 Å². The van der Waals surface area contributed by atoms with Crippen molar-refractivity contribution in [3.63, 3.8) is 0 Å². The molecule has 0 aliphatic heterocycles. The first-order valence-electron chi connectivity index (χ1n) is 7.40. The molecule has 4 rings (SSSR count). The molecule has 0 radical (unpaired) electrons. The number of hydrogen-bond donors (Lipinski definition) is 0. The van der Waals surface area contributed by atoms with Crippen LogP contribution >= 0.6 is 11.6 Å². The molecule has 0 bridgehead atoms. The molecule has 116 valence electrons. The Labute approximate surface area is 136 Å². The fourth-order valence-corrected chi connectivity index (χ4v) is 3.15. The van der Waals surface area contributed by atoms with Gasteiger partial charge in [0, 0.05) is 23.7 Å². The zero-order valence-electron chi connectivity index (χ0n) is 12.1. The van der Waals surface area contributed by atoms with Gasteiger partial charge in [-0.3, -0.25) is 9.67 Å². The van der Waals surface area contributed by atoms with E-state index in [2.05, 4.69) is 10.1 Å².